The minimum absolute atomic E-state index is 0.169. The molecular formula is C27H26N2O2. The molecule has 1 aliphatic carbocycles. The maximum atomic E-state index is 13.6. The number of aryl methyl sites for hydroxylation is 1. The third-order valence-corrected chi connectivity index (χ3v) is 6.31. The molecule has 4 nitrogen and oxygen atoms in total. The van der Waals surface area contributed by atoms with Crippen LogP contribution in [0.2, 0.25) is 0 Å². The molecule has 4 heteroatoms. The summed E-state index contributed by atoms with van der Waals surface area (Å²) in [6.45, 7) is 2.09. The summed E-state index contributed by atoms with van der Waals surface area (Å²) in [4.78, 5) is 13.6. The van der Waals surface area contributed by atoms with Crippen LogP contribution >= 0.6 is 0 Å². The van der Waals surface area contributed by atoms with E-state index in [0.29, 0.717) is 6.42 Å². The Labute approximate surface area is 183 Å². The third kappa shape index (κ3) is 3.59. The third-order valence-electron chi connectivity index (χ3n) is 6.31. The first-order valence-electron chi connectivity index (χ1n) is 10.7. The van der Waals surface area contributed by atoms with Crippen LogP contribution in [0.15, 0.2) is 84.1 Å². The summed E-state index contributed by atoms with van der Waals surface area (Å²) < 4.78 is 5.65. The molecule has 0 aromatic heterocycles. The van der Waals surface area contributed by atoms with E-state index < -0.39 is 0 Å². The minimum atomic E-state index is -0.270. The molecule has 31 heavy (non-hydrogen) atoms. The fourth-order valence-electron chi connectivity index (χ4n) is 4.70. The fourth-order valence-corrected chi connectivity index (χ4v) is 4.70. The van der Waals surface area contributed by atoms with Gasteiger partial charge in [-0.2, -0.15) is 0 Å². The van der Waals surface area contributed by atoms with E-state index in [1.165, 1.54) is 11.1 Å². The molecule has 1 aliphatic heterocycles. The molecule has 156 valence electrons. The molecule has 1 heterocycles. The van der Waals surface area contributed by atoms with Crippen LogP contribution in [0.4, 0.5) is 11.4 Å². The smallest absolute Gasteiger partial charge is 0.163 e. The molecule has 3 aromatic carbocycles. The van der Waals surface area contributed by atoms with Crippen molar-refractivity contribution in [3.8, 4) is 5.75 Å². The number of carbonyl (C=O) groups excluding carboxylic acids is 1. The van der Waals surface area contributed by atoms with E-state index >= 15 is 0 Å². The molecule has 0 radical (unpaired) electrons. The molecular weight excluding hydrogens is 384 g/mol. The second-order valence-electron chi connectivity index (χ2n) is 8.32. The zero-order valence-electron chi connectivity index (χ0n) is 17.8. The Morgan fingerprint density at radius 3 is 2.35 bits per heavy atom. The Bertz CT molecular complexity index is 1160. The summed E-state index contributed by atoms with van der Waals surface area (Å²) in [5.41, 5.74) is 7.19. The molecule has 2 atom stereocenters. The summed E-state index contributed by atoms with van der Waals surface area (Å²) in [7, 11) is 1.67. The standard InChI is InChI=1S/C27H26N2O2/c1-17-11-13-18(14-12-17)19-15-23-26(24(30)16-19)27(20-7-3-6-10-25(20)31-2)29-22-9-5-4-8-21(22)28-23/h3-14,19,27-29H,15-16H2,1-2H3/t19-,27+/m1/s1. The number of rotatable bonds is 3. The number of hydrogen-bond donors (Lipinski definition) is 2. The second-order valence-corrected chi connectivity index (χ2v) is 8.32. The van der Waals surface area contributed by atoms with Crippen molar-refractivity contribution < 1.29 is 9.53 Å². The van der Waals surface area contributed by atoms with Crippen LogP contribution < -0.4 is 15.4 Å². The Kier molecular flexibility index (Phi) is 4.99. The molecule has 0 saturated carbocycles. The maximum Gasteiger partial charge on any atom is 0.163 e. The summed E-state index contributed by atoms with van der Waals surface area (Å²) in [6, 6.07) is 24.3. The van der Waals surface area contributed by atoms with Gasteiger partial charge in [0.05, 0.1) is 24.5 Å². The van der Waals surface area contributed by atoms with Crippen molar-refractivity contribution in [2.45, 2.75) is 31.7 Å². The van der Waals surface area contributed by atoms with Crippen LogP contribution in [0.1, 0.15) is 41.5 Å². The molecule has 0 fully saturated rings. The maximum absolute atomic E-state index is 13.6. The van der Waals surface area contributed by atoms with E-state index in [0.717, 1.165) is 40.4 Å². The number of allylic oxidation sites excluding steroid dienone is 1. The van der Waals surface area contributed by atoms with Crippen molar-refractivity contribution in [2.75, 3.05) is 17.7 Å². The highest BCUT2D eigenvalue weighted by Crippen LogP contribution is 2.45. The predicted octanol–water partition coefficient (Wildman–Crippen LogP) is 5.98. The number of anilines is 2. The molecule has 5 rings (SSSR count). The highest BCUT2D eigenvalue weighted by Gasteiger charge is 2.36. The number of ether oxygens (including phenoxy) is 1. The van der Waals surface area contributed by atoms with Crippen LogP contribution in [0.25, 0.3) is 0 Å². The van der Waals surface area contributed by atoms with E-state index in [4.69, 9.17) is 4.74 Å². The first kappa shape index (κ1) is 19.4. The van der Waals surface area contributed by atoms with Gasteiger partial charge in [-0.3, -0.25) is 4.79 Å². The number of methoxy groups -OCH3 is 1. The van der Waals surface area contributed by atoms with Gasteiger partial charge in [-0.25, -0.2) is 0 Å². The van der Waals surface area contributed by atoms with Crippen LogP contribution in [0, 0.1) is 6.92 Å². The van der Waals surface area contributed by atoms with Gasteiger partial charge in [0.1, 0.15) is 5.75 Å². The zero-order valence-corrected chi connectivity index (χ0v) is 17.8. The minimum Gasteiger partial charge on any atom is -0.496 e. The predicted molar refractivity (Wildman–Crippen MR) is 125 cm³/mol. The molecule has 2 aliphatic rings. The van der Waals surface area contributed by atoms with E-state index in [9.17, 15) is 4.79 Å². The van der Waals surface area contributed by atoms with E-state index in [-0.39, 0.29) is 17.7 Å². The Morgan fingerprint density at radius 1 is 0.871 bits per heavy atom. The molecule has 0 amide bonds. The van der Waals surface area contributed by atoms with Crippen molar-refractivity contribution in [2.24, 2.45) is 0 Å². The van der Waals surface area contributed by atoms with Gasteiger partial charge in [0.15, 0.2) is 5.78 Å². The number of fused-ring (bicyclic) bond motifs is 1. The molecule has 3 aromatic rings. The highest BCUT2D eigenvalue weighted by atomic mass is 16.5. The van der Waals surface area contributed by atoms with Gasteiger partial charge < -0.3 is 15.4 Å². The van der Waals surface area contributed by atoms with Gasteiger partial charge in [0.25, 0.3) is 0 Å². The van der Waals surface area contributed by atoms with Gasteiger partial charge in [-0.05, 0) is 43.0 Å². The molecule has 0 unspecified atom stereocenters. The molecule has 2 N–H and O–H groups in total. The van der Waals surface area contributed by atoms with Crippen LogP contribution in [-0.2, 0) is 4.79 Å². The average Bonchev–Trinajstić information content (AvgIpc) is 2.96. The SMILES string of the molecule is COc1ccccc1[C@@H]1Nc2ccccc2NC2=C1C(=O)C[C@H](c1ccc(C)cc1)C2. The van der Waals surface area contributed by atoms with Gasteiger partial charge in [0, 0.05) is 23.3 Å². The Balaban J connectivity index is 1.62. The van der Waals surface area contributed by atoms with E-state index in [2.05, 4.69) is 47.9 Å². The number of carbonyl (C=O) groups is 1. The highest BCUT2D eigenvalue weighted by molar-refractivity contribution is 6.01. The molecule has 0 saturated heterocycles. The van der Waals surface area contributed by atoms with Crippen LogP contribution in [0.3, 0.4) is 0 Å². The quantitative estimate of drug-likeness (QED) is 0.557. The number of nitrogens with one attached hydrogen (secondary N) is 2. The number of Topliss-reactive ketones (excluding diaryl/α,β-unsaturated/α-hetero) is 1. The van der Waals surface area contributed by atoms with Crippen molar-refractivity contribution in [1.29, 1.82) is 0 Å². The average molecular weight is 411 g/mol. The van der Waals surface area contributed by atoms with Crippen LogP contribution in [-0.4, -0.2) is 12.9 Å². The molecule has 0 bridgehead atoms. The second kappa shape index (κ2) is 7.95. The van der Waals surface area contributed by atoms with Crippen molar-refractivity contribution in [1.82, 2.24) is 0 Å². The Morgan fingerprint density at radius 2 is 1.58 bits per heavy atom. The van der Waals surface area contributed by atoms with Gasteiger partial charge in [-0.15, -0.1) is 0 Å². The molecule has 0 spiro atoms. The lowest BCUT2D eigenvalue weighted by Gasteiger charge is -2.30. The van der Waals surface area contributed by atoms with Crippen LogP contribution in [0.5, 0.6) is 5.75 Å². The lowest BCUT2D eigenvalue weighted by atomic mass is 9.78. The zero-order chi connectivity index (χ0) is 21.4. The summed E-state index contributed by atoms with van der Waals surface area (Å²) in [6.07, 6.45) is 1.30. The first-order valence-corrected chi connectivity index (χ1v) is 10.7. The van der Waals surface area contributed by atoms with E-state index in [1.54, 1.807) is 7.11 Å². The normalized spacial score (nSPS) is 20.1. The van der Waals surface area contributed by atoms with Gasteiger partial charge in [0.2, 0.25) is 0 Å². The monoisotopic (exact) mass is 410 g/mol. The van der Waals surface area contributed by atoms with Crippen molar-refractivity contribution >= 4 is 17.2 Å². The number of hydrogen-bond acceptors (Lipinski definition) is 4. The van der Waals surface area contributed by atoms with Crippen molar-refractivity contribution in [3.63, 3.8) is 0 Å². The summed E-state index contributed by atoms with van der Waals surface area (Å²) in [5.74, 6) is 1.12. The number of ketones is 1. The van der Waals surface area contributed by atoms with Gasteiger partial charge >= 0.3 is 0 Å². The largest absolute Gasteiger partial charge is 0.496 e. The topological polar surface area (TPSA) is 50.4 Å². The Hall–Kier alpha value is -3.53. The number of para-hydroxylation sites is 3. The lowest BCUT2D eigenvalue weighted by Crippen LogP contribution is -2.27. The first-order chi connectivity index (χ1) is 15.1. The lowest BCUT2D eigenvalue weighted by molar-refractivity contribution is -0.116. The van der Waals surface area contributed by atoms with Gasteiger partial charge in [-0.1, -0.05) is 60.2 Å². The number of benzene rings is 3. The van der Waals surface area contributed by atoms with Crippen molar-refractivity contribution in [3.05, 3.63) is 101 Å². The fraction of sp³-hybridized carbons (Fsp3) is 0.222. The summed E-state index contributed by atoms with van der Waals surface area (Å²) >= 11 is 0. The summed E-state index contributed by atoms with van der Waals surface area (Å²) in [5, 5.41) is 7.22. The van der Waals surface area contributed by atoms with E-state index in [1.807, 2.05) is 42.5 Å².